The topological polar surface area (TPSA) is 67.5 Å². The lowest BCUT2D eigenvalue weighted by Crippen LogP contribution is -2.11. The molecule has 31 heavy (non-hydrogen) atoms. The van der Waals surface area contributed by atoms with Crippen LogP contribution >= 0.6 is 0 Å². The number of hydroxylamine groups is 1. The summed E-state index contributed by atoms with van der Waals surface area (Å²) < 4.78 is 89.3. The molecular weight excluding hydrogens is 430 g/mol. The minimum atomic E-state index is -4.97. The van der Waals surface area contributed by atoms with Crippen molar-refractivity contribution >= 4 is 0 Å². The van der Waals surface area contributed by atoms with Gasteiger partial charge in [-0.2, -0.15) is 26.3 Å². The molecule has 3 rings (SSSR count). The zero-order chi connectivity index (χ0) is 22.8. The van der Waals surface area contributed by atoms with Gasteiger partial charge in [-0.25, -0.2) is 10.5 Å². The summed E-state index contributed by atoms with van der Waals surface area (Å²) in [4.78, 5) is 4.02. The van der Waals surface area contributed by atoms with Crippen LogP contribution in [0, 0.1) is 6.92 Å². The van der Waals surface area contributed by atoms with Crippen molar-refractivity contribution in [2.24, 2.45) is 0 Å². The lowest BCUT2D eigenvalue weighted by Gasteiger charge is -2.13. The summed E-state index contributed by atoms with van der Waals surface area (Å²) in [5, 5.41) is 8.75. The number of halogens is 6. The van der Waals surface area contributed by atoms with Crippen LogP contribution in [0.15, 0.2) is 46.9 Å². The Morgan fingerprint density at radius 2 is 1.65 bits per heavy atom. The number of rotatable bonds is 6. The molecule has 2 aromatic carbocycles. The smallest absolute Gasteiger partial charge is 0.416 e. The molecule has 1 aromatic heterocycles. The van der Waals surface area contributed by atoms with Gasteiger partial charge in [0.1, 0.15) is 23.8 Å². The number of nitrogens with one attached hydrogen (secondary N) is 1. The van der Waals surface area contributed by atoms with E-state index in [1.807, 2.05) is 5.48 Å². The Balaban J connectivity index is 1.89. The summed E-state index contributed by atoms with van der Waals surface area (Å²) in [5.41, 5.74) is -0.427. The van der Waals surface area contributed by atoms with Crippen LogP contribution in [0.2, 0.25) is 0 Å². The van der Waals surface area contributed by atoms with Crippen LogP contribution in [-0.4, -0.2) is 10.2 Å². The van der Waals surface area contributed by atoms with E-state index in [9.17, 15) is 26.3 Å². The molecule has 1 heterocycles. The third-order valence-corrected chi connectivity index (χ3v) is 4.28. The molecule has 0 bridgehead atoms. The summed E-state index contributed by atoms with van der Waals surface area (Å²) in [6.07, 6.45) is -9.95. The number of aromatic nitrogens is 1. The third-order valence-electron chi connectivity index (χ3n) is 4.28. The first-order valence-corrected chi connectivity index (χ1v) is 8.82. The fourth-order valence-electron chi connectivity index (χ4n) is 2.75. The van der Waals surface area contributed by atoms with Crippen LogP contribution in [-0.2, 0) is 25.5 Å². The summed E-state index contributed by atoms with van der Waals surface area (Å²) in [5.74, 6) is 0.232. The predicted molar refractivity (Wildman–Crippen MR) is 96.1 cm³/mol. The third kappa shape index (κ3) is 5.56. The van der Waals surface area contributed by atoms with E-state index in [1.165, 1.54) is 6.92 Å². The molecule has 11 heteroatoms. The molecule has 0 aliphatic rings. The minimum Gasteiger partial charge on any atom is -0.487 e. The largest absolute Gasteiger partial charge is 0.487 e. The molecule has 0 aliphatic carbocycles. The number of oxazole rings is 1. The van der Waals surface area contributed by atoms with Crippen molar-refractivity contribution < 1.29 is 40.7 Å². The van der Waals surface area contributed by atoms with Gasteiger partial charge >= 0.3 is 12.4 Å². The average molecular weight is 446 g/mol. The molecule has 5 nitrogen and oxygen atoms in total. The highest BCUT2D eigenvalue weighted by molar-refractivity contribution is 5.57. The van der Waals surface area contributed by atoms with Crippen LogP contribution in [0.3, 0.4) is 0 Å². The van der Waals surface area contributed by atoms with Gasteiger partial charge in [-0.05, 0) is 42.8 Å². The SMILES string of the molecule is Cc1oc(-c2cc(C(F)(F)F)cc(C(F)(F)F)c2)nc1COc1cccc(CNO)c1. The average Bonchev–Trinajstić information content (AvgIpc) is 3.06. The van der Waals surface area contributed by atoms with Gasteiger partial charge in [0.25, 0.3) is 0 Å². The second-order valence-electron chi connectivity index (χ2n) is 6.59. The standard InChI is InChI=1S/C20H16F6N2O3/c1-11-17(10-30-16-4-2-3-12(5-16)9-27-29)28-18(31-11)13-6-14(19(21,22)23)8-15(7-13)20(24,25)26/h2-8,27,29H,9-10H2,1H3. The fourth-order valence-corrected chi connectivity index (χ4v) is 2.75. The minimum absolute atomic E-state index is 0.0392. The highest BCUT2D eigenvalue weighted by Gasteiger charge is 2.37. The molecule has 0 radical (unpaired) electrons. The van der Waals surface area contributed by atoms with E-state index < -0.39 is 29.0 Å². The van der Waals surface area contributed by atoms with Crippen molar-refractivity contribution in [1.29, 1.82) is 0 Å². The lowest BCUT2D eigenvalue weighted by atomic mass is 10.0. The molecule has 0 saturated carbocycles. The van der Waals surface area contributed by atoms with Gasteiger partial charge in [0.15, 0.2) is 0 Å². The van der Waals surface area contributed by atoms with Crippen molar-refractivity contribution in [1.82, 2.24) is 10.5 Å². The Morgan fingerprint density at radius 1 is 1.00 bits per heavy atom. The normalized spacial score (nSPS) is 12.3. The van der Waals surface area contributed by atoms with E-state index in [2.05, 4.69) is 4.98 Å². The van der Waals surface area contributed by atoms with Crippen molar-refractivity contribution in [2.45, 2.75) is 32.4 Å². The highest BCUT2D eigenvalue weighted by Crippen LogP contribution is 2.38. The van der Waals surface area contributed by atoms with Gasteiger partial charge in [-0.1, -0.05) is 12.1 Å². The van der Waals surface area contributed by atoms with Crippen molar-refractivity contribution in [3.63, 3.8) is 0 Å². The van der Waals surface area contributed by atoms with E-state index in [4.69, 9.17) is 14.4 Å². The van der Waals surface area contributed by atoms with Crippen LogP contribution in [0.5, 0.6) is 5.75 Å². The van der Waals surface area contributed by atoms with Crippen LogP contribution in [0.4, 0.5) is 26.3 Å². The Labute approximate surface area is 172 Å². The number of nitrogens with zero attached hydrogens (tertiary/aromatic N) is 1. The molecule has 166 valence electrons. The van der Waals surface area contributed by atoms with Gasteiger partial charge in [-0.15, -0.1) is 0 Å². The summed E-state index contributed by atoms with van der Waals surface area (Å²) >= 11 is 0. The van der Waals surface area contributed by atoms with Crippen LogP contribution in [0.25, 0.3) is 11.5 Å². The molecular formula is C20H16F6N2O3. The molecule has 0 aliphatic heterocycles. The second-order valence-corrected chi connectivity index (χ2v) is 6.59. The van der Waals surface area contributed by atoms with E-state index >= 15 is 0 Å². The molecule has 0 atom stereocenters. The van der Waals surface area contributed by atoms with Gasteiger partial charge in [0, 0.05) is 12.1 Å². The molecule has 2 N–H and O–H groups in total. The van der Waals surface area contributed by atoms with Crippen molar-refractivity contribution in [3.05, 3.63) is 70.6 Å². The number of ether oxygens (including phenoxy) is 1. The fraction of sp³-hybridized carbons (Fsp3) is 0.250. The Kier molecular flexibility index (Phi) is 6.27. The first-order valence-electron chi connectivity index (χ1n) is 8.82. The number of benzene rings is 2. The van der Waals surface area contributed by atoms with Gasteiger partial charge in [0.05, 0.1) is 11.1 Å². The van der Waals surface area contributed by atoms with Gasteiger partial charge < -0.3 is 14.4 Å². The second kappa shape index (κ2) is 8.60. The van der Waals surface area contributed by atoms with E-state index in [0.717, 1.165) is 5.56 Å². The van der Waals surface area contributed by atoms with Gasteiger partial charge in [-0.3, -0.25) is 0 Å². The molecule has 0 amide bonds. The maximum absolute atomic E-state index is 13.1. The maximum Gasteiger partial charge on any atom is 0.416 e. The van der Waals surface area contributed by atoms with Crippen molar-refractivity contribution in [2.75, 3.05) is 0 Å². The maximum atomic E-state index is 13.1. The Morgan fingerprint density at radius 3 is 2.23 bits per heavy atom. The summed E-state index contributed by atoms with van der Waals surface area (Å²) in [6.45, 7) is 1.53. The Hall–Kier alpha value is -3.05. The number of hydrogen-bond acceptors (Lipinski definition) is 5. The quantitative estimate of drug-likeness (QED) is 0.373. The Bertz CT molecular complexity index is 1030. The zero-order valence-corrected chi connectivity index (χ0v) is 15.9. The highest BCUT2D eigenvalue weighted by atomic mass is 19.4. The number of aryl methyl sites for hydroxylation is 1. The monoisotopic (exact) mass is 446 g/mol. The van der Waals surface area contributed by atoms with E-state index in [1.54, 1.807) is 24.3 Å². The predicted octanol–water partition coefficient (Wildman–Crippen LogP) is 5.75. The van der Waals surface area contributed by atoms with Crippen LogP contribution < -0.4 is 10.2 Å². The van der Waals surface area contributed by atoms with E-state index in [-0.39, 0.29) is 36.6 Å². The summed E-state index contributed by atoms with van der Waals surface area (Å²) in [6, 6.07) is 7.85. The number of hydrogen-bond donors (Lipinski definition) is 2. The molecule has 0 saturated heterocycles. The molecule has 3 aromatic rings. The van der Waals surface area contributed by atoms with E-state index in [0.29, 0.717) is 17.9 Å². The summed E-state index contributed by atoms with van der Waals surface area (Å²) in [7, 11) is 0. The first kappa shape index (κ1) is 22.6. The molecule has 0 spiro atoms. The van der Waals surface area contributed by atoms with Crippen LogP contribution in [0.1, 0.15) is 28.1 Å². The molecule has 0 fully saturated rings. The zero-order valence-electron chi connectivity index (χ0n) is 15.9. The number of alkyl halides is 6. The van der Waals surface area contributed by atoms with Crippen molar-refractivity contribution in [3.8, 4) is 17.2 Å². The molecule has 0 unspecified atom stereocenters. The lowest BCUT2D eigenvalue weighted by molar-refractivity contribution is -0.143. The first-order chi connectivity index (χ1) is 14.5. The van der Waals surface area contributed by atoms with Gasteiger partial charge in [0.2, 0.25) is 5.89 Å².